The quantitative estimate of drug-likeness (QED) is 0.266. The minimum Gasteiger partial charge on any atom is -0.449 e. The molecule has 0 spiro atoms. The molecule has 0 aromatic heterocycles. The molecule has 6 rings (SSSR count). The molecule has 3 aliphatic rings. The number of benzene rings is 3. The highest BCUT2D eigenvalue weighted by Gasteiger charge is 2.46. The van der Waals surface area contributed by atoms with Gasteiger partial charge in [0, 0.05) is 37.5 Å². The molecule has 0 unspecified atom stereocenters. The van der Waals surface area contributed by atoms with E-state index in [4.69, 9.17) is 9.47 Å². The zero-order valence-electron chi connectivity index (χ0n) is 27.4. The van der Waals surface area contributed by atoms with Crippen LogP contribution in [0.25, 0.3) is 11.1 Å². The van der Waals surface area contributed by atoms with Crippen molar-refractivity contribution in [3.05, 3.63) is 95.3 Å². The summed E-state index contributed by atoms with van der Waals surface area (Å²) in [5, 5.41) is 2.86. The number of ether oxygens (including phenoxy) is 2. The first-order valence-electron chi connectivity index (χ1n) is 16.7. The van der Waals surface area contributed by atoms with Crippen LogP contribution in [0.1, 0.15) is 81.4 Å². The summed E-state index contributed by atoms with van der Waals surface area (Å²) < 4.78 is 25.2. The summed E-state index contributed by atoms with van der Waals surface area (Å²) in [6.07, 6.45) is 2.65. The second-order valence-corrected chi connectivity index (χ2v) is 13.8. The van der Waals surface area contributed by atoms with E-state index >= 15 is 0 Å². The van der Waals surface area contributed by atoms with Gasteiger partial charge in [-0.2, -0.15) is 0 Å². The van der Waals surface area contributed by atoms with Gasteiger partial charge in [0.05, 0.1) is 0 Å². The van der Waals surface area contributed by atoms with Gasteiger partial charge in [-0.1, -0.05) is 60.7 Å². The highest BCUT2D eigenvalue weighted by atomic mass is 19.1. The lowest BCUT2D eigenvalue weighted by Gasteiger charge is -2.32. The molecule has 2 aliphatic carbocycles. The average Bonchev–Trinajstić information content (AvgIpc) is 3.78. The summed E-state index contributed by atoms with van der Waals surface area (Å²) in [5.74, 6) is -0.554. The van der Waals surface area contributed by atoms with E-state index in [1.807, 2.05) is 45.0 Å². The number of halogens is 1. The lowest BCUT2D eigenvalue weighted by molar-refractivity contribution is -0.134. The Morgan fingerprint density at radius 3 is 2.15 bits per heavy atom. The molecule has 2 fully saturated rings. The number of nitrogens with one attached hydrogen (secondary N) is 1. The Kier molecular flexibility index (Phi) is 9.52. The van der Waals surface area contributed by atoms with Crippen molar-refractivity contribution >= 4 is 18.1 Å². The first-order valence-corrected chi connectivity index (χ1v) is 16.7. The van der Waals surface area contributed by atoms with E-state index in [1.54, 1.807) is 21.9 Å². The van der Waals surface area contributed by atoms with E-state index in [0.29, 0.717) is 19.5 Å². The number of amides is 3. The minimum absolute atomic E-state index is 0.0365. The zero-order chi connectivity index (χ0) is 33.1. The van der Waals surface area contributed by atoms with Crippen LogP contribution in [0, 0.1) is 5.82 Å². The summed E-state index contributed by atoms with van der Waals surface area (Å²) in [6.45, 7) is 7.04. The lowest BCUT2D eigenvalue weighted by atomic mass is 9.98. The Hall–Kier alpha value is -4.40. The average molecular weight is 642 g/mol. The van der Waals surface area contributed by atoms with Crippen LogP contribution < -0.4 is 5.32 Å². The zero-order valence-corrected chi connectivity index (χ0v) is 27.4. The van der Waals surface area contributed by atoms with Crippen LogP contribution in [-0.4, -0.2) is 71.8 Å². The van der Waals surface area contributed by atoms with Crippen LogP contribution in [0.5, 0.6) is 0 Å². The maximum Gasteiger partial charge on any atom is 0.410 e. The van der Waals surface area contributed by atoms with Gasteiger partial charge in [0.1, 0.15) is 24.1 Å². The second-order valence-electron chi connectivity index (χ2n) is 13.8. The number of hydrogen-bond acceptors (Lipinski definition) is 5. The maximum absolute atomic E-state index is 13.8. The summed E-state index contributed by atoms with van der Waals surface area (Å²) in [6, 6.07) is 21.6. The van der Waals surface area contributed by atoms with Gasteiger partial charge in [-0.15, -0.1) is 0 Å². The molecule has 0 bridgehead atoms. The van der Waals surface area contributed by atoms with Gasteiger partial charge < -0.3 is 24.6 Å². The van der Waals surface area contributed by atoms with E-state index in [9.17, 15) is 18.8 Å². The molecule has 47 heavy (non-hydrogen) atoms. The summed E-state index contributed by atoms with van der Waals surface area (Å²) in [5.41, 5.74) is 4.72. The van der Waals surface area contributed by atoms with Crippen molar-refractivity contribution in [1.29, 1.82) is 0 Å². The Labute approximate surface area is 276 Å². The van der Waals surface area contributed by atoms with E-state index in [0.717, 1.165) is 47.1 Å². The Bertz CT molecular complexity index is 1550. The molecule has 1 saturated carbocycles. The molecule has 9 heteroatoms. The van der Waals surface area contributed by atoms with Crippen LogP contribution in [0.15, 0.2) is 72.8 Å². The van der Waals surface area contributed by atoms with Gasteiger partial charge in [0.25, 0.3) is 0 Å². The van der Waals surface area contributed by atoms with Crippen LogP contribution in [0.3, 0.4) is 0 Å². The van der Waals surface area contributed by atoms with Crippen molar-refractivity contribution in [3.8, 4) is 11.1 Å². The van der Waals surface area contributed by atoms with Crippen molar-refractivity contribution in [1.82, 2.24) is 15.1 Å². The molecule has 1 N–H and O–H groups in total. The molecular weight excluding hydrogens is 597 g/mol. The van der Waals surface area contributed by atoms with Crippen LogP contribution in [-0.2, 0) is 14.3 Å². The third-order valence-electron chi connectivity index (χ3n) is 9.34. The Morgan fingerprint density at radius 1 is 0.915 bits per heavy atom. The van der Waals surface area contributed by atoms with Crippen molar-refractivity contribution in [2.45, 2.75) is 82.4 Å². The molecule has 248 valence electrons. The molecule has 0 radical (unpaired) electrons. The SMILES string of the molecule is CC(C)(C)OC(=O)N(CC[C@H](NC(=O)OCC1c2ccccc2-c2ccccc21)C(=O)N1CCCCC1)[C@@H]1C[C@H]1c1ccc(F)cc1. The van der Waals surface area contributed by atoms with Gasteiger partial charge in [-0.05, 0) is 92.8 Å². The second kappa shape index (κ2) is 13.8. The third kappa shape index (κ3) is 7.61. The largest absolute Gasteiger partial charge is 0.449 e. The monoisotopic (exact) mass is 641 g/mol. The molecule has 3 aromatic carbocycles. The van der Waals surface area contributed by atoms with E-state index < -0.39 is 23.8 Å². The van der Waals surface area contributed by atoms with Crippen LogP contribution >= 0.6 is 0 Å². The molecule has 1 saturated heterocycles. The van der Waals surface area contributed by atoms with E-state index in [2.05, 4.69) is 29.6 Å². The topological polar surface area (TPSA) is 88.2 Å². The highest BCUT2D eigenvalue weighted by Crippen LogP contribution is 2.46. The van der Waals surface area contributed by atoms with Crippen molar-refractivity contribution in [2.75, 3.05) is 26.2 Å². The summed E-state index contributed by atoms with van der Waals surface area (Å²) >= 11 is 0. The Morgan fingerprint density at radius 2 is 1.53 bits per heavy atom. The molecular formula is C38H44FN3O5. The number of hydrogen-bond donors (Lipinski definition) is 1. The fourth-order valence-electron chi connectivity index (χ4n) is 6.95. The maximum atomic E-state index is 13.8. The number of rotatable bonds is 9. The summed E-state index contributed by atoms with van der Waals surface area (Å²) in [4.78, 5) is 44.1. The molecule has 3 aromatic rings. The molecule has 8 nitrogen and oxygen atoms in total. The highest BCUT2D eigenvalue weighted by molar-refractivity contribution is 5.86. The van der Waals surface area contributed by atoms with Crippen molar-refractivity contribution in [3.63, 3.8) is 0 Å². The van der Waals surface area contributed by atoms with Gasteiger partial charge in [-0.3, -0.25) is 4.79 Å². The molecule has 3 atom stereocenters. The standard InChI is InChI=1S/C38H44FN3O5/c1-38(2,3)47-37(45)42(34-23-31(34)25-15-17-26(39)18-16-25)22-19-33(35(43)41-20-9-4-10-21-41)40-36(44)46-24-32-29-13-7-5-11-27(29)28-12-6-8-14-30(28)32/h5-8,11-18,31-34H,4,9-10,19-24H2,1-3H3,(H,40,44)/t31-,33-,34+/m0/s1. The van der Waals surface area contributed by atoms with Crippen LogP contribution in [0.4, 0.5) is 14.0 Å². The molecule has 1 aliphatic heterocycles. The van der Waals surface area contributed by atoms with E-state index in [-0.39, 0.29) is 49.2 Å². The summed E-state index contributed by atoms with van der Waals surface area (Å²) in [7, 11) is 0. The van der Waals surface area contributed by atoms with Gasteiger partial charge in [-0.25, -0.2) is 14.0 Å². The van der Waals surface area contributed by atoms with Crippen molar-refractivity contribution in [2.24, 2.45) is 0 Å². The first kappa shape index (κ1) is 32.5. The third-order valence-corrected chi connectivity index (χ3v) is 9.34. The van der Waals surface area contributed by atoms with Crippen LogP contribution in [0.2, 0.25) is 0 Å². The normalized spacial score (nSPS) is 19.3. The predicted molar refractivity (Wildman–Crippen MR) is 178 cm³/mol. The smallest absolute Gasteiger partial charge is 0.410 e. The first-order chi connectivity index (χ1) is 22.6. The number of likely N-dealkylation sites (tertiary alicyclic amines) is 1. The van der Waals surface area contributed by atoms with Gasteiger partial charge >= 0.3 is 12.2 Å². The fraction of sp³-hybridized carbons (Fsp3) is 0.447. The lowest BCUT2D eigenvalue weighted by Crippen LogP contribution is -2.52. The number of fused-ring (bicyclic) bond motifs is 3. The fourth-order valence-corrected chi connectivity index (χ4v) is 6.95. The van der Waals surface area contributed by atoms with Gasteiger partial charge in [0.15, 0.2) is 0 Å². The van der Waals surface area contributed by atoms with Gasteiger partial charge in [0.2, 0.25) is 5.91 Å². The molecule has 1 heterocycles. The predicted octanol–water partition coefficient (Wildman–Crippen LogP) is 7.23. The van der Waals surface area contributed by atoms with Crippen molar-refractivity contribution < 1.29 is 28.2 Å². The number of carbonyl (C=O) groups excluding carboxylic acids is 3. The number of nitrogens with zero attached hydrogens (tertiary/aromatic N) is 2. The minimum atomic E-state index is -0.878. The molecule has 3 amide bonds. The Balaban J connectivity index is 1.16. The van der Waals surface area contributed by atoms with E-state index in [1.165, 1.54) is 12.1 Å². The number of carbonyl (C=O) groups is 3. The number of alkyl carbamates (subject to hydrolysis) is 1. The number of piperidine rings is 1.